The second kappa shape index (κ2) is 11.0. The first kappa shape index (κ1) is 26.4. The number of hydrogen-bond acceptors (Lipinski definition) is 7. The van der Waals surface area contributed by atoms with Gasteiger partial charge in [-0.05, 0) is 36.6 Å². The minimum atomic E-state index is -1.47. The first-order valence-corrected chi connectivity index (χ1v) is 13.2. The SMILES string of the molecule is O=C(O)c1oc2nc(CN3CC=C(c4cccc(OCc5ccc(Cl)cc5F)n4)CC3)n(C[C@@H]3CCO3)c2c1F. The van der Waals surface area contributed by atoms with E-state index < -0.39 is 23.4 Å². The fourth-order valence-corrected chi connectivity index (χ4v) is 5.01. The average molecular weight is 571 g/mol. The van der Waals surface area contributed by atoms with Crippen molar-refractivity contribution in [1.29, 1.82) is 0 Å². The molecule has 0 amide bonds. The van der Waals surface area contributed by atoms with E-state index in [0.29, 0.717) is 61.5 Å². The number of rotatable bonds is 9. The lowest BCUT2D eigenvalue weighted by Crippen LogP contribution is -2.34. The Morgan fingerprint density at radius 1 is 1.23 bits per heavy atom. The lowest BCUT2D eigenvalue weighted by atomic mass is 10.0. The minimum Gasteiger partial charge on any atom is -0.475 e. The summed E-state index contributed by atoms with van der Waals surface area (Å²) in [7, 11) is 0. The van der Waals surface area contributed by atoms with Crippen molar-refractivity contribution >= 4 is 34.4 Å². The van der Waals surface area contributed by atoms with E-state index in [2.05, 4.69) is 20.9 Å². The zero-order chi connectivity index (χ0) is 27.8. The topological polar surface area (TPSA) is 103 Å². The number of carboxylic acids is 1. The fourth-order valence-electron chi connectivity index (χ4n) is 4.85. The van der Waals surface area contributed by atoms with Crippen LogP contribution in [0.25, 0.3) is 16.8 Å². The summed E-state index contributed by atoms with van der Waals surface area (Å²) in [5, 5.41) is 9.56. The van der Waals surface area contributed by atoms with Gasteiger partial charge >= 0.3 is 5.97 Å². The van der Waals surface area contributed by atoms with Crippen molar-refractivity contribution in [3.05, 3.63) is 82.0 Å². The van der Waals surface area contributed by atoms with Crippen LogP contribution < -0.4 is 4.74 Å². The van der Waals surface area contributed by atoms with Crippen LogP contribution in [0.4, 0.5) is 8.78 Å². The Balaban J connectivity index is 1.15. The Kier molecular flexibility index (Phi) is 7.26. The average Bonchev–Trinajstić information content (AvgIpc) is 3.42. The van der Waals surface area contributed by atoms with Crippen molar-refractivity contribution in [1.82, 2.24) is 19.4 Å². The van der Waals surface area contributed by atoms with Gasteiger partial charge in [0.05, 0.1) is 24.9 Å². The number of carboxylic acid groups (broad SMARTS) is 1. The predicted octanol–water partition coefficient (Wildman–Crippen LogP) is 5.31. The molecule has 0 saturated carbocycles. The van der Waals surface area contributed by atoms with E-state index in [1.54, 1.807) is 22.8 Å². The minimum absolute atomic E-state index is 0.0300. The zero-order valence-corrected chi connectivity index (χ0v) is 22.0. The first-order valence-electron chi connectivity index (χ1n) is 12.8. The van der Waals surface area contributed by atoms with E-state index >= 15 is 0 Å². The number of benzene rings is 1. The summed E-state index contributed by atoms with van der Waals surface area (Å²) in [6.45, 7) is 2.77. The van der Waals surface area contributed by atoms with Crippen molar-refractivity contribution in [3.63, 3.8) is 0 Å². The van der Waals surface area contributed by atoms with E-state index in [0.717, 1.165) is 17.7 Å². The van der Waals surface area contributed by atoms with Crippen molar-refractivity contribution in [2.45, 2.75) is 38.6 Å². The van der Waals surface area contributed by atoms with Gasteiger partial charge in [0.25, 0.3) is 5.76 Å². The summed E-state index contributed by atoms with van der Waals surface area (Å²) >= 11 is 5.82. The molecule has 5 heterocycles. The molecule has 0 aliphatic carbocycles. The van der Waals surface area contributed by atoms with Gasteiger partial charge in [-0.3, -0.25) is 4.90 Å². The van der Waals surface area contributed by atoms with Gasteiger partial charge in [0.1, 0.15) is 23.8 Å². The number of aromatic carboxylic acids is 1. The van der Waals surface area contributed by atoms with Crippen molar-refractivity contribution < 1.29 is 32.6 Å². The molecule has 4 aromatic rings. The van der Waals surface area contributed by atoms with Gasteiger partial charge in [0.15, 0.2) is 0 Å². The van der Waals surface area contributed by atoms with Gasteiger partial charge in [-0.15, -0.1) is 0 Å². The third-order valence-corrected chi connectivity index (χ3v) is 7.33. The second-order valence-corrected chi connectivity index (χ2v) is 10.2. The number of furan rings is 1. The normalized spacial score (nSPS) is 17.6. The standard InChI is InChI=1S/C28H25ClF2N4O5/c29-18-5-4-17(20(30)12-18)15-39-23-3-1-2-21(32-23)16-6-9-34(10-7-16)14-22-33-27-25(24(31)26(40-27)28(36)37)35(22)13-19-8-11-38-19/h1-6,12,19H,7-11,13-15H2,(H,36,37)/t19-/m0/s1. The molecule has 2 aliphatic rings. The third-order valence-electron chi connectivity index (χ3n) is 7.10. The van der Waals surface area contributed by atoms with E-state index in [-0.39, 0.29) is 23.9 Å². The van der Waals surface area contributed by atoms with Crippen LogP contribution in [0.1, 0.15) is 40.5 Å². The van der Waals surface area contributed by atoms with Gasteiger partial charge in [0.2, 0.25) is 17.4 Å². The lowest BCUT2D eigenvalue weighted by molar-refractivity contribution is -0.0592. The van der Waals surface area contributed by atoms with E-state index in [1.165, 1.54) is 6.07 Å². The molecule has 1 fully saturated rings. The Bertz CT molecular complexity index is 1610. The molecule has 0 radical (unpaired) electrons. The molecule has 1 atom stereocenters. The molecule has 6 rings (SSSR count). The molecule has 0 unspecified atom stereocenters. The van der Waals surface area contributed by atoms with Gasteiger partial charge in [0, 0.05) is 36.3 Å². The summed E-state index contributed by atoms with van der Waals surface area (Å²) in [4.78, 5) is 22.5. The molecule has 9 nitrogen and oxygen atoms in total. The molecule has 1 aromatic carbocycles. The predicted molar refractivity (Wildman–Crippen MR) is 141 cm³/mol. The van der Waals surface area contributed by atoms with Gasteiger partial charge < -0.3 is 23.6 Å². The fraction of sp³-hybridized carbons (Fsp3) is 0.321. The molecule has 0 spiro atoms. The molecular formula is C28H25ClF2N4O5. The Hall–Kier alpha value is -3.80. The Morgan fingerprint density at radius 3 is 2.77 bits per heavy atom. The molecule has 0 bridgehead atoms. The molecule has 3 aromatic heterocycles. The quantitative estimate of drug-likeness (QED) is 0.289. The van der Waals surface area contributed by atoms with E-state index in [9.17, 15) is 18.7 Å². The maximum Gasteiger partial charge on any atom is 0.375 e. The molecule has 208 valence electrons. The van der Waals surface area contributed by atoms with Crippen LogP contribution in [0.15, 0.2) is 46.9 Å². The Morgan fingerprint density at radius 2 is 2.08 bits per heavy atom. The van der Waals surface area contributed by atoms with Crippen LogP contribution in [0.3, 0.4) is 0 Å². The molecular weight excluding hydrogens is 546 g/mol. The maximum atomic E-state index is 14.9. The largest absolute Gasteiger partial charge is 0.475 e. The second-order valence-electron chi connectivity index (χ2n) is 9.72. The number of ether oxygens (including phenoxy) is 2. The lowest BCUT2D eigenvalue weighted by Gasteiger charge is -2.29. The van der Waals surface area contributed by atoms with Crippen molar-refractivity contribution in [2.75, 3.05) is 19.7 Å². The molecule has 12 heteroatoms. The van der Waals surface area contributed by atoms with Crippen molar-refractivity contribution in [2.24, 2.45) is 0 Å². The van der Waals surface area contributed by atoms with Crippen LogP contribution in [0.2, 0.25) is 5.02 Å². The highest BCUT2D eigenvalue weighted by Gasteiger charge is 2.30. The maximum absolute atomic E-state index is 14.9. The molecule has 1 saturated heterocycles. The smallest absolute Gasteiger partial charge is 0.375 e. The number of aromatic nitrogens is 3. The Labute approximate surface area is 232 Å². The summed E-state index contributed by atoms with van der Waals surface area (Å²) in [5.74, 6) is -2.60. The monoisotopic (exact) mass is 570 g/mol. The number of carbonyl (C=O) groups is 1. The van der Waals surface area contributed by atoms with Gasteiger partial charge in [-0.2, -0.15) is 4.98 Å². The van der Waals surface area contributed by atoms with Crippen LogP contribution in [-0.4, -0.2) is 56.3 Å². The molecule has 40 heavy (non-hydrogen) atoms. The van der Waals surface area contributed by atoms with Crippen LogP contribution in [0, 0.1) is 11.6 Å². The third kappa shape index (κ3) is 5.32. The zero-order valence-electron chi connectivity index (χ0n) is 21.3. The summed E-state index contributed by atoms with van der Waals surface area (Å²) in [6.07, 6.45) is 3.54. The highest BCUT2D eigenvalue weighted by Crippen LogP contribution is 2.29. The number of nitrogens with zero attached hydrogens (tertiary/aromatic N) is 4. The van der Waals surface area contributed by atoms with Crippen LogP contribution in [0.5, 0.6) is 5.88 Å². The molecule has 2 aliphatic heterocycles. The number of hydrogen-bond donors (Lipinski definition) is 1. The van der Waals surface area contributed by atoms with Crippen molar-refractivity contribution in [3.8, 4) is 5.88 Å². The number of fused-ring (bicyclic) bond motifs is 1. The number of imidazole rings is 1. The van der Waals surface area contributed by atoms with E-state index in [1.807, 2.05) is 12.1 Å². The summed E-state index contributed by atoms with van der Waals surface area (Å²) in [5.41, 5.74) is 2.24. The summed E-state index contributed by atoms with van der Waals surface area (Å²) < 4.78 is 47.2. The van der Waals surface area contributed by atoms with Crippen LogP contribution in [-0.2, 0) is 24.4 Å². The van der Waals surface area contributed by atoms with E-state index in [4.69, 9.17) is 25.5 Å². The number of halogens is 3. The highest BCUT2D eigenvalue weighted by atomic mass is 35.5. The highest BCUT2D eigenvalue weighted by molar-refractivity contribution is 6.30. The number of pyridine rings is 1. The molecule has 1 N–H and O–H groups in total. The summed E-state index contributed by atoms with van der Waals surface area (Å²) in [6, 6.07) is 9.92. The first-order chi connectivity index (χ1) is 19.4. The van der Waals surface area contributed by atoms with Crippen LogP contribution >= 0.6 is 11.6 Å². The van der Waals surface area contributed by atoms with Gasteiger partial charge in [-0.1, -0.05) is 29.8 Å². The van der Waals surface area contributed by atoms with Gasteiger partial charge in [-0.25, -0.2) is 18.6 Å².